The van der Waals surface area contributed by atoms with Gasteiger partial charge in [-0.15, -0.1) is 0 Å². The first kappa shape index (κ1) is 23.0. The van der Waals surface area contributed by atoms with Crippen LogP contribution in [-0.4, -0.2) is 30.6 Å². The van der Waals surface area contributed by atoms with Crippen molar-refractivity contribution in [1.29, 1.82) is 5.26 Å². The molecule has 32 heavy (non-hydrogen) atoms. The summed E-state index contributed by atoms with van der Waals surface area (Å²) in [5.41, 5.74) is 1.67. The van der Waals surface area contributed by atoms with Crippen LogP contribution in [0.25, 0.3) is 0 Å². The number of halogens is 1. The topological polar surface area (TPSA) is 108 Å². The van der Waals surface area contributed by atoms with Gasteiger partial charge in [0.25, 0.3) is 0 Å². The van der Waals surface area contributed by atoms with Crippen molar-refractivity contribution in [1.82, 2.24) is 5.32 Å². The third kappa shape index (κ3) is 4.98. The third-order valence-electron chi connectivity index (χ3n) is 4.91. The van der Waals surface area contributed by atoms with Gasteiger partial charge < -0.3 is 15.4 Å². The number of nitriles is 1. The number of rotatable bonds is 6. The first-order valence-corrected chi connectivity index (χ1v) is 10.6. The van der Waals surface area contributed by atoms with E-state index in [9.17, 15) is 24.0 Å². The molecule has 0 saturated heterocycles. The predicted molar refractivity (Wildman–Crippen MR) is 118 cm³/mol. The van der Waals surface area contributed by atoms with Gasteiger partial charge in [0.2, 0.25) is 11.8 Å². The summed E-state index contributed by atoms with van der Waals surface area (Å²) in [5.74, 6) is -5.34. The van der Waals surface area contributed by atoms with Crippen LogP contribution >= 0.6 is 11.8 Å². The number of carbonyl (C=O) groups is 3. The number of nitrogens with one attached hydrogen (secondary N) is 2. The van der Waals surface area contributed by atoms with Crippen molar-refractivity contribution in [3.8, 4) is 6.07 Å². The largest absolute Gasteiger partial charge is 0.468 e. The van der Waals surface area contributed by atoms with Crippen LogP contribution in [0.15, 0.2) is 59.1 Å². The van der Waals surface area contributed by atoms with E-state index in [0.29, 0.717) is 5.69 Å². The van der Waals surface area contributed by atoms with E-state index in [2.05, 4.69) is 10.6 Å². The predicted octanol–water partition coefficient (Wildman–Crippen LogP) is 3.24. The molecule has 0 aromatic heterocycles. The van der Waals surface area contributed by atoms with Crippen molar-refractivity contribution in [2.75, 3.05) is 18.2 Å². The van der Waals surface area contributed by atoms with Crippen LogP contribution in [0.3, 0.4) is 0 Å². The maximum atomic E-state index is 14.6. The second-order valence-electron chi connectivity index (χ2n) is 7.05. The van der Waals surface area contributed by atoms with Gasteiger partial charge in [-0.2, -0.15) is 5.26 Å². The highest BCUT2D eigenvalue weighted by Crippen LogP contribution is 2.41. The molecule has 7 nitrogen and oxygen atoms in total. The van der Waals surface area contributed by atoms with E-state index in [1.54, 1.807) is 18.2 Å². The molecule has 0 unspecified atom stereocenters. The second kappa shape index (κ2) is 10.1. The fourth-order valence-electron chi connectivity index (χ4n) is 3.35. The molecule has 0 spiro atoms. The van der Waals surface area contributed by atoms with Gasteiger partial charge in [-0.05, 0) is 30.7 Å². The molecule has 3 rings (SSSR count). The Balaban J connectivity index is 1.89. The summed E-state index contributed by atoms with van der Waals surface area (Å²) < 4.78 is 19.3. The smallest absolute Gasteiger partial charge is 0.319 e. The summed E-state index contributed by atoms with van der Waals surface area (Å²) in [6.07, 6.45) is 0. The summed E-state index contributed by atoms with van der Waals surface area (Å²) in [6, 6.07) is 14.8. The summed E-state index contributed by atoms with van der Waals surface area (Å²) in [7, 11) is 1.11. The average Bonchev–Trinajstić information content (AvgIpc) is 2.78. The zero-order valence-electron chi connectivity index (χ0n) is 17.3. The lowest BCUT2D eigenvalue weighted by atomic mass is 9.78. The van der Waals surface area contributed by atoms with Gasteiger partial charge in [-0.3, -0.25) is 14.4 Å². The molecule has 2 atom stereocenters. The Hall–Kier alpha value is -3.64. The number of nitrogens with zero attached hydrogens (tertiary/aromatic N) is 1. The number of esters is 1. The third-order valence-corrected chi connectivity index (χ3v) is 5.92. The molecule has 0 aliphatic carbocycles. The Labute approximate surface area is 188 Å². The molecule has 0 radical (unpaired) electrons. The molecule has 0 bridgehead atoms. The van der Waals surface area contributed by atoms with E-state index in [-0.39, 0.29) is 27.8 Å². The van der Waals surface area contributed by atoms with E-state index < -0.39 is 29.5 Å². The fourth-order valence-corrected chi connectivity index (χ4v) is 4.20. The van der Waals surface area contributed by atoms with E-state index in [4.69, 9.17) is 4.74 Å². The van der Waals surface area contributed by atoms with Crippen molar-refractivity contribution in [2.45, 2.75) is 12.8 Å². The Morgan fingerprint density at radius 2 is 1.91 bits per heavy atom. The molecule has 2 N–H and O–H groups in total. The summed E-state index contributed by atoms with van der Waals surface area (Å²) in [6.45, 7) is 1.93. The van der Waals surface area contributed by atoms with Crippen molar-refractivity contribution in [3.05, 3.63) is 76.1 Å². The van der Waals surface area contributed by atoms with Crippen LogP contribution < -0.4 is 10.6 Å². The average molecular weight is 453 g/mol. The first-order valence-electron chi connectivity index (χ1n) is 9.62. The summed E-state index contributed by atoms with van der Waals surface area (Å²) in [5, 5.41) is 15.2. The van der Waals surface area contributed by atoms with Crippen LogP contribution in [0.5, 0.6) is 0 Å². The number of benzene rings is 2. The van der Waals surface area contributed by atoms with E-state index in [1.165, 1.54) is 18.2 Å². The molecule has 2 amide bonds. The molecule has 0 saturated carbocycles. The molecule has 164 valence electrons. The minimum Gasteiger partial charge on any atom is -0.468 e. The lowest BCUT2D eigenvalue weighted by Crippen LogP contribution is -2.44. The molecular formula is C23H20FN3O4S. The summed E-state index contributed by atoms with van der Waals surface area (Å²) >= 11 is 0.929. The number of carbonyl (C=O) groups excluding carboxylic acids is 3. The Kier molecular flexibility index (Phi) is 7.28. The number of hydrogen-bond acceptors (Lipinski definition) is 6. The van der Waals surface area contributed by atoms with Crippen LogP contribution in [0.2, 0.25) is 0 Å². The number of amides is 2. The minimum absolute atomic E-state index is 0.0155. The standard InChI is InChI=1S/C23H20FN3O4S/c1-13-7-9-14(10-8-13)26-18(28)12-32-22-16(11-25)19(15-5-3-4-6-17(15)24)20(21(29)27-22)23(30)31-2/h3-10,19-20H,12H2,1-2H3,(H,26,28)(H,27,29)/t19-,20-/m1/s1. The first-order chi connectivity index (χ1) is 15.3. The van der Waals surface area contributed by atoms with Gasteiger partial charge >= 0.3 is 5.97 Å². The maximum Gasteiger partial charge on any atom is 0.319 e. The number of methoxy groups -OCH3 is 1. The van der Waals surface area contributed by atoms with E-state index in [1.807, 2.05) is 25.1 Å². The number of aryl methyl sites for hydroxylation is 1. The number of hydrogen-bond donors (Lipinski definition) is 2. The van der Waals surface area contributed by atoms with Crippen LogP contribution in [0.4, 0.5) is 10.1 Å². The molecule has 1 heterocycles. The number of allylic oxidation sites excluding steroid dienone is 1. The normalized spacial score (nSPS) is 17.9. The molecular weight excluding hydrogens is 433 g/mol. The molecule has 1 aliphatic rings. The number of ether oxygens (including phenoxy) is 1. The minimum atomic E-state index is -1.43. The maximum absolute atomic E-state index is 14.6. The van der Waals surface area contributed by atoms with Crippen LogP contribution in [0.1, 0.15) is 17.0 Å². The molecule has 2 aromatic rings. The van der Waals surface area contributed by atoms with Gasteiger partial charge in [0, 0.05) is 11.6 Å². The van der Waals surface area contributed by atoms with Gasteiger partial charge in [-0.1, -0.05) is 47.7 Å². The van der Waals surface area contributed by atoms with Crippen LogP contribution in [-0.2, 0) is 19.1 Å². The van der Waals surface area contributed by atoms with Gasteiger partial charge in [0.1, 0.15) is 11.7 Å². The zero-order chi connectivity index (χ0) is 23.3. The van der Waals surface area contributed by atoms with Gasteiger partial charge in [0.15, 0.2) is 0 Å². The van der Waals surface area contributed by atoms with E-state index >= 15 is 0 Å². The number of anilines is 1. The second-order valence-corrected chi connectivity index (χ2v) is 8.03. The summed E-state index contributed by atoms with van der Waals surface area (Å²) in [4.78, 5) is 37.4. The zero-order valence-corrected chi connectivity index (χ0v) is 18.2. The Bertz CT molecular complexity index is 1120. The quantitative estimate of drug-likeness (QED) is 0.514. The number of thioether (sulfide) groups is 1. The van der Waals surface area contributed by atoms with Crippen molar-refractivity contribution < 1.29 is 23.5 Å². The van der Waals surface area contributed by atoms with Crippen molar-refractivity contribution in [2.24, 2.45) is 5.92 Å². The molecule has 0 fully saturated rings. The molecule has 1 aliphatic heterocycles. The lowest BCUT2D eigenvalue weighted by Gasteiger charge is -2.31. The molecule has 9 heteroatoms. The van der Waals surface area contributed by atoms with Crippen molar-refractivity contribution >= 4 is 35.2 Å². The monoisotopic (exact) mass is 453 g/mol. The van der Waals surface area contributed by atoms with Gasteiger partial charge in [0.05, 0.1) is 29.5 Å². The lowest BCUT2D eigenvalue weighted by molar-refractivity contribution is -0.150. The fraction of sp³-hybridized carbons (Fsp3) is 0.217. The SMILES string of the molecule is COC(=O)[C@H]1C(=O)NC(SCC(=O)Nc2ccc(C)cc2)=C(C#N)[C@H]1c1ccccc1F. The van der Waals surface area contributed by atoms with Crippen molar-refractivity contribution in [3.63, 3.8) is 0 Å². The molecule has 2 aromatic carbocycles. The Morgan fingerprint density at radius 1 is 1.22 bits per heavy atom. The Morgan fingerprint density at radius 3 is 2.53 bits per heavy atom. The van der Waals surface area contributed by atoms with Crippen LogP contribution in [0, 0.1) is 30.0 Å². The highest BCUT2D eigenvalue weighted by Gasteiger charge is 2.45. The highest BCUT2D eigenvalue weighted by molar-refractivity contribution is 8.03. The van der Waals surface area contributed by atoms with Gasteiger partial charge in [-0.25, -0.2) is 4.39 Å². The van der Waals surface area contributed by atoms with E-state index in [0.717, 1.165) is 24.4 Å². The highest BCUT2D eigenvalue weighted by atomic mass is 32.2.